The number of hydrogen-bond acceptors (Lipinski definition) is 1. The molecule has 0 N–H and O–H groups in total. The zero-order valence-corrected chi connectivity index (χ0v) is 9.88. The van der Waals surface area contributed by atoms with E-state index in [0.29, 0.717) is 0 Å². The van der Waals surface area contributed by atoms with Crippen LogP contribution in [0.5, 0.6) is 0 Å². The first-order chi connectivity index (χ1) is 5.88. The third-order valence-corrected chi connectivity index (χ3v) is 3.84. The van der Waals surface area contributed by atoms with Gasteiger partial charge in [-0.1, -0.05) is 15.9 Å². The maximum atomic E-state index is 12.6. The molecule has 1 unspecified atom stereocenters. The molecule has 0 bridgehead atoms. The molecule has 1 atom stereocenters. The lowest BCUT2D eigenvalue weighted by atomic mass is 10.2. The van der Waals surface area contributed by atoms with E-state index in [0.717, 1.165) is 16.7 Å². The first kappa shape index (κ1) is 11.1. The molecular weight excluding hydrogens is 258 g/mol. The van der Waals surface area contributed by atoms with Crippen molar-refractivity contribution in [1.82, 2.24) is 0 Å². The number of alkyl halides is 3. The minimum atomic E-state index is -2.61. The van der Waals surface area contributed by atoms with Crippen molar-refractivity contribution in [3.05, 3.63) is 21.9 Å². The van der Waals surface area contributed by atoms with Crippen LogP contribution in [0.25, 0.3) is 0 Å². The molecule has 1 aromatic heterocycles. The van der Waals surface area contributed by atoms with E-state index in [9.17, 15) is 8.78 Å². The summed E-state index contributed by atoms with van der Waals surface area (Å²) in [7, 11) is 0. The zero-order valence-electron chi connectivity index (χ0n) is 7.48. The molecule has 1 aromatic rings. The van der Waals surface area contributed by atoms with E-state index in [4.69, 9.17) is 0 Å². The molecule has 0 aromatic carbocycles. The van der Waals surface area contributed by atoms with Crippen LogP contribution in [-0.2, 0) is 0 Å². The quantitative estimate of drug-likeness (QED) is 0.707. The van der Waals surface area contributed by atoms with Crippen LogP contribution in [0.1, 0.15) is 27.9 Å². The lowest BCUT2D eigenvalue weighted by Gasteiger charge is -2.13. The minimum Gasteiger partial charge on any atom is -0.207 e. The fourth-order valence-corrected chi connectivity index (χ4v) is 2.89. The molecule has 0 aliphatic rings. The fourth-order valence-electron chi connectivity index (χ4n) is 1.04. The summed E-state index contributed by atoms with van der Waals surface area (Å²) in [6.07, 6.45) is -0.146. The molecule has 0 nitrogen and oxygen atoms in total. The number of thiophene rings is 1. The van der Waals surface area contributed by atoms with Crippen LogP contribution in [0.3, 0.4) is 0 Å². The molecule has 0 spiro atoms. The highest BCUT2D eigenvalue weighted by atomic mass is 79.9. The van der Waals surface area contributed by atoms with E-state index in [2.05, 4.69) is 15.9 Å². The van der Waals surface area contributed by atoms with Gasteiger partial charge in [0, 0.05) is 16.2 Å². The second kappa shape index (κ2) is 4.05. The van der Waals surface area contributed by atoms with Gasteiger partial charge in [-0.25, -0.2) is 8.78 Å². The van der Waals surface area contributed by atoms with Crippen LogP contribution >= 0.6 is 27.3 Å². The third-order valence-electron chi connectivity index (χ3n) is 1.61. The summed E-state index contributed by atoms with van der Waals surface area (Å²) in [5.74, 6) is -2.61. The Labute approximate surface area is 89.1 Å². The van der Waals surface area contributed by atoms with Gasteiger partial charge in [0.15, 0.2) is 0 Å². The Morgan fingerprint density at radius 3 is 2.54 bits per heavy atom. The maximum absolute atomic E-state index is 12.6. The summed E-state index contributed by atoms with van der Waals surface area (Å²) in [5.41, 5.74) is 0. The second-order valence-corrected chi connectivity index (χ2v) is 5.62. The van der Waals surface area contributed by atoms with Crippen LogP contribution < -0.4 is 0 Å². The third kappa shape index (κ3) is 3.73. The molecule has 1 heterocycles. The van der Waals surface area contributed by atoms with Crippen LogP contribution in [0.2, 0.25) is 0 Å². The SMILES string of the molecule is Cc1ccc(C(Br)CC(C)(F)F)s1. The summed E-state index contributed by atoms with van der Waals surface area (Å²) in [4.78, 5) is 1.89. The van der Waals surface area contributed by atoms with E-state index in [1.54, 1.807) is 11.3 Å². The average Bonchev–Trinajstić information content (AvgIpc) is 2.31. The first-order valence-electron chi connectivity index (χ1n) is 3.97. The van der Waals surface area contributed by atoms with Crippen LogP contribution in [0.15, 0.2) is 12.1 Å². The van der Waals surface area contributed by atoms with Gasteiger partial charge in [0.2, 0.25) is 5.92 Å². The Hall–Kier alpha value is 0.0400. The predicted octanol–water partition coefficient (Wildman–Crippen LogP) is 4.54. The van der Waals surface area contributed by atoms with Gasteiger partial charge in [-0.3, -0.25) is 0 Å². The van der Waals surface area contributed by atoms with Gasteiger partial charge in [0.1, 0.15) is 0 Å². The normalized spacial score (nSPS) is 14.5. The Balaban J connectivity index is 2.64. The molecule has 0 fully saturated rings. The van der Waals surface area contributed by atoms with E-state index >= 15 is 0 Å². The Bertz CT molecular complexity index is 277. The molecule has 1 rings (SSSR count). The number of aryl methyl sites for hydroxylation is 1. The minimum absolute atomic E-state index is 0.146. The summed E-state index contributed by atoms with van der Waals surface area (Å²) < 4.78 is 25.3. The monoisotopic (exact) mass is 268 g/mol. The van der Waals surface area contributed by atoms with Crippen molar-refractivity contribution in [3.63, 3.8) is 0 Å². The summed E-state index contributed by atoms with van der Waals surface area (Å²) in [6.45, 7) is 2.92. The lowest BCUT2D eigenvalue weighted by Crippen LogP contribution is -2.11. The second-order valence-electron chi connectivity index (χ2n) is 3.19. The van der Waals surface area contributed by atoms with Crippen molar-refractivity contribution in [1.29, 1.82) is 0 Å². The molecular formula is C9H11BrF2S. The van der Waals surface area contributed by atoms with Crippen LogP contribution in [0.4, 0.5) is 8.78 Å². The van der Waals surface area contributed by atoms with Crippen molar-refractivity contribution in [3.8, 4) is 0 Å². The number of rotatable bonds is 3. The first-order valence-corrected chi connectivity index (χ1v) is 5.70. The van der Waals surface area contributed by atoms with E-state index in [1.165, 1.54) is 0 Å². The largest absolute Gasteiger partial charge is 0.246 e. The summed E-state index contributed by atoms with van der Waals surface area (Å²) in [6, 6.07) is 3.84. The van der Waals surface area contributed by atoms with Crippen molar-refractivity contribution < 1.29 is 8.78 Å². The smallest absolute Gasteiger partial charge is 0.207 e. The van der Waals surface area contributed by atoms with Gasteiger partial charge in [-0.05, 0) is 26.0 Å². The van der Waals surface area contributed by atoms with Crippen LogP contribution in [0, 0.1) is 6.92 Å². The van der Waals surface area contributed by atoms with Crippen molar-refractivity contribution >= 4 is 27.3 Å². The van der Waals surface area contributed by atoms with Gasteiger partial charge in [0.05, 0.1) is 4.83 Å². The number of hydrogen-bond donors (Lipinski definition) is 0. The molecule has 0 radical (unpaired) electrons. The van der Waals surface area contributed by atoms with Crippen LogP contribution in [-0.4, -0.2) is 5.92 Å². The molecule has 0 saturated heterocycles. The Kier molecular flexibility index (Phi) is 3.46. The average molecular weight is 269 g/mol. The molecule has 0 saturated carbocycles. The summed E-state index contributed by atoms with van der Waals surface area (Å²) >= 11 is 4.82. The van der Waals surface area contributed by atoms with Crippen molar-refractivity contribution in [2.75, 3.05) is 0 Å². The van der Waals surface area contributed by atoms with Gasteiger partial charge < -0.3 is 0 Å². The lowest BCUT2D eigenvalue weighted by molar-refractivity contribution is 0.0132. The highest BCUT2D eigenvalue weighted by Crippen LogP contribution is 2.37. The highest BCUT2D eigenvalue weighted by molar-refractivity contribution is 9.09. The van der Waals surface area contributed by atoms with E-state index in [-0.39, 0.29) is 11.2 Å². The molecule has 13 heavy (non-hydrogen) atoms. The predicted molar refractivity (Wildman–Crippen MR) is 56.0 cm³/mol. The summed E-state index contributed by atoms with van der Waals surface area (Å²) in [5, 5.41) is 0. The molecule has 0 aliphatic carbocycles. The van der Waals surface area contributed by atoms with Gasteiger partial charge in [0.25, 0.3) is 0 Å². The molecule has 74 valence electrons. The maximum Gasteiger partial charge on any atom is 0.246 e. The zero-order chi connectivity index (χ0) is 10.1. The van der Waals surface area contributed by atoms with Gasteiger partial charge in [-0.15, -0.1) is 11.3 Å². The van der Waals surface area contributed by atoms with Crippen molar-refractivity contribution in [2.24, 2.45) is 0 Å². The standard InChI is InChI=1S/C9H11BrF2S/c1-6-3-4-8(13-6)7(10)5-9(2,11)12/h3-4,7H,5H2,1-2H3. The highest BCUT2D eigenvalue weighted by Gasteiger charge is 2.26. The van der Waals surface area contributed by atoms with Crippen molar-refractivity contribution in [2.45, 2.75) is 31.0 Å². The molecule has 4 heteroatoms. The topological polar surface area (TPSA) is 0 Å². The van der Waals surface area contributed by atoms with Gasteiger partial charge >= 0.3 is 0 Å². The Morgan fingerprint density at radius 2 is 2.15 bits per heavy atom. The number of halogens is 3. The Morgan fingerprint density at radius 1 is 1.54 bits per heavy atom. The molecule has 0 aliphatic heterocycles. The molecule has 0 amide bonds. The van der Waals surface area contributed by atoms with Gasteiger partial charge in [-0.2, -0.15) is 0 Å². The van der Waals surface area contributed by atoms with E-state index < -0.39 is 5.92 Å². The fraction of sp³-hybridized carbons (Fsp3) is 0.556. The van der Waals surface area contributed by atoms with E-state index in [1.807, 2.05) is 19.1 Å².